The van der Waals surface area contributed by atoms with Crippen molar-refractivity contribution >= 4 is 22.4 Å². The Morgan fingerprint density at radius 1 is 1.56 bits per heavy atom. The van der Waals surface area contributed by atoms with Gasteiger partial charge in [-0.25, -0.2) is 4.79 Å². The lowest BCUT2D eigenvalue weighted by atomic mass is 10.1. The van der Waals surface area contributed by atoms with Crippen LogP contribution in [-0.4, -0.2) is 23.8 Å². The predicted octanol–water partition coefficient (Wildman–Crippen LogP) is 2.03. The van der Waals surface area contributed by atoms with Crippen molar-refractivity contribution in [2.24, 2.45) is 5.92 Å². The normalized spacial score (nSPS) is 24.3. The minimum absolute atomic E-state index is 0.193. The second-order valence-electron chi connectivity index (χ2n) is 4.07. The lowest BCUT2D eigenvalue weighted by Crippen LogP contribution is -2.35. The van der Waals surface area contributed by atoms with Gasteiger partial charge in [0.25, 0.3) is 0 Å². The first-order valence-electron chi connectivity index (χ1n) is 5.52. The molecule has 1 aliphatic carbocycles. The molecule has 0 bridgehead atoms. The highest BCUT2D eigenvalue weighted by atomic mass is 32.1. The zero-order chi connectivity index (χ0) is 11.4. The van der Waals surface area contributed by atoms with Crippen LogP contribution in [0.25, 0.3) is 0 Å². The Bertz CT molecular complexity index is 340. The van der Waals surface area contributed by atoms with Gasteiger partial charge in [-0.2, -0.15) is 0 Å². The zero-order valence-electron chi connectivity index (χ0n) is 8.98. The van der Waals surface area contributed by atoms with E-state index in [0.717, 1.165) is 24.3 Å². The molecule has 4 nitrogen and oxygen atoms in total. The van der Waals surface area contributed by atoms with Gasteiger partial charge in [0.15, 0.2) is 0 Å². The molecule has 0 radical (unpaired) electrons. The molecule has 1 fully saturated rings. The first kappa shape index (κ1) is 11.4. The second-order valence-corrected chi connectivity index (χ2v) is 5.02. The summed E-state index contributed by atoms with van der Waals surface area (Å²) in [6, 6.07) is 3.55. The average Bonchev–Trinajstić information content (AvgIpc) is 2.87. The quantitative estimate of drug-likeness (QED) is 0.757. The number of anilines is 1. The van der Waals surface area contributed by atoms with Crippen LogP contribution in [0.4, 0.5) is 9.80 Å². The number of nitrogens with one attached hydrogen (secondary N) is 2. The minimum atomic E-state index is -0.248. The number of urea groups is 1. The molecule has 1 saturated carbocycles. The number of carbonyl (C=O) groups is 1. The molecular weight excluding hydrogens is 224 g/mol. The Balaban J connectivity index is 1.71. The highest BCUT2D eigenvalue weighted by Gasteiger charge is 2.25. The van der Waals surface area contributed by atoms with Gasteiger partial charge in [0.2, 0.25) is 0 Å². The van der Waals surface area contributed by atoms with E-state index in [1.165, 1.54) is 11.3 Å². The molecule has 1 aromatic rings. The number of aliphatic hydroxyl groups is 1. The summed E-state index contributed by atoms with van der Waals surface area (Å²) in [6.07, 6.45) is 2.67. The molecule has 1 heterocycles. The molecule has 16 heavy (non-hydrogen) atoms. The molecular formula is C11H16N2O2S. The van der Waals surface area contributed by atoms with Gasteiger partial charge in [-0.15, -0.1) is 11.3 Å². The van der Waals surface area contributed by atoms with Crippen LogP contribution in [0.1, 0.15) is 19.3 Å². The van der Waals surface area contributed by atoms with Gasteiger partial charge >= 0.3 is 6.03 Å². The van der Waals surface area contributed by atoms with Crippen LogP contribution in [0.15, 0.2) is 17.5 Å². The van der Waals surface area contributed by atoms with Gasteiger partial charge in [-0.3, -0.25) is 5.32 Å². The van der Waals surface area contributed by atoms with Crippen molar-refractivity contribution in [1.29, 1.82) is 0 Å². The van der Waals surface area contributed by atoms with Crippen molar-refractivity contribution in [3.8, 4) is 0 Å². The molecule has 3 N–H and O–H groups in total. The van der Waals surface area contributed by atoms with Crippen LogP contribution in [0.2, 0.25) is 0 Å². The summed E-state index contributed by atoms with van der Waals surface area (Å²) in [6.45, 7) is 0.554. The maximum atomic E-state index is 11.5. The fourth-order valence-corrected chi connectivity index (χ4v) is 2.60. The van der Waals surface area contributed by atoms with E-state index in [-0.39, 0.29) is 18.1 Å². The lowest BCUT2D eigenvalue weighted by molar-refractivity contribution is 0.133. The van der Waals surface area contributed by atoms with E-state index in [1.807, 2.05) is 17.5 Å². The highest BCUT2D eigenvalue weighted by molar-refractivity contribution is 7.14. The SMILES string of the molecule is O=C(NCC1CCCC1O)Nc1cccs1. The maximum Gasteiger partial charge on any atom is 0.319 e. The zero-order valence-corrected chi connectivity index (χ0v) is 9.80. The molecule has 0 aliphatic heterocycles. The van der Waals surface area contributed by atoms with Crippen LogP contribution in [0.5, 0.6) is 0 Å². The third-order valence-electron chi connectivity index (χ3n) is 2.90. The number of hydrogen-bond donors (Lipinski definition) is 3. The summed E-state index contributed by atoms with van der Waals surface area (Å²) in [4.78, 5) is 11.5. The largest absolute Gasteiger partial charge is 0.393 e. The summed E-state index contributed by atoms with van der Waals surface area (Å²) < 4.78 is 0. The first-order chi connectivity index (χ1) is 7.75. The molecule has 0 spiro atoms. The lowest BCUT2D eigenvalue weighted by Gasteiger charge is -2.15. The number of amides is 2. The van der Waals surface area contributed by atoms with E-state index >= 15 is 0 Å². The maximum absolute atomic E-state index is 11.5. The number of hydrogen-bond acceptors (Lipinski definition) is 3. The molecule has 2 rings (SSSR count). The van der Waals surface area contributed by atoms with Crippen LogP contribution in [0.3, 0.4) is 0 Å². The first-order valence-corrected chi connectivity index (χ1v) is 6.40. The molecule has 2 amide bonds. The highest BCUT2D eigenvalue weighted by Crippen LogP contribution is 2.24. The Labute approximate surface area is 98.7 Å². The van der Waals surface area contributed by atoms with E-state index in [9.17, 15) is 9.90 Å². The van der Waals surface area contributed by atoms with Crippen molar-refractivity contribution in [3.63, 3.8) is 0 Å². The second kappa shape index (κ2) is 5.32. The fraction of sp³-hybridized carbons (Fsp3) is 0.545. The topological polar surface area (TPSA) is 61.4 Å². The summed E-state index contributed by atoms with van der Waals surface area (Å²) in [5, 5.41) is 17.9. The van der Waals surface area contributed by atoms with Gasteiger partial charge in [0, 0.05) is 12.5 Å². The van der Waals surface area contributed by atoms with Crippen molar-refractivity contribution in [1.82, 2.24) is 5.32 Å². The fourth-order valence-electron chi connectivity index (χ4n) is 1.98. The van der Waals surface area contributed by atoms with E-state index in [0.29, 0.717) is 6.54 Å². The summed E-state index contributed by atoms with van der Waals surface area (Å²) in [5.74, 6) is 0.217. The van der Waals surface area contributed by atoms with Gasteiger partial charge in [-0.05, 0) is 30.4 Å². The Morgan fingerprint density at radius 3 is 3.06 bits per heavy atom. The molecule has 1 aromatic heterocycles. The van der Waals surface area contributed by atoms with Crippen LogP contribution in [0, 0.1) is 5.92 Å². The van der Waals surface area contributed by atoms with E-state index < -0.39 is 0 Å². The standard InChI is InChI=1S/C11H16N2O2S/c14-9-4-1-3-8(9)7-12-11(15)13-10-5-2-6-16-10/h2,5-6,8-9,14H,1,3-4,7H2,(H2,12,13,15). The number of thiophene rings is 1. The molecule has 1 aliphatic rings. The van der Waals surface area contributed by atoms with Crippen molar-refractivity contribution in [2.75, 3.05) is 11.9 Å². The average molecular weight is 240 g/mol. The van der Waals surface area contributed by atoms with Crippen LogP contribution in [-0.2, 0) is 0 Å². The molecule has 2 unspecified atom stereocenters. The number of rotatable bonds is 3. The van der Waals surface area contributed by atoms with E-state index in [2.05, 4.69) is 10.6 Å². The Morgan fingerprint density at radius 2 is 2.44 bits per heavy atom. The van der Waals surface area contributed by atoms with Crippen molar-refractivity contribution in [2.45, 2.75) is 25.4 Å². The molecule has 88 valence electrons. The van der Waals surface area contributed by atoms with Crippen LogP contribution >= 0.6 is 11.3 Å². The van der Waals surface area contributed by atoms with Crippen molar-refractivity contribution in [3.05, 3.63) is 17.5 Å². The third-order valence-corrected chi connectivity index (χ3v) is 3.69. The monoisotopic (exact) mass is 240 g/mol. The molecule has 0 aromatic carbocycles. The Hall–Kier alpha value is -1.07. The van der Waals surface area contributed by atoms with Gasteiger partial charge in [-0.1, -0.05) is 6.42 Å². The third kappa shape index (κ3) is 2.96. The van der Waals surface area contributed by atoms with E-state index in [1.54, 1.807) is 0 Å². The predicted molar refractivity (Wildman–Crippen MR) is 64.7 cm³/mol. The number of aliphatic hydroxyl groups excluding tert-OH is 1. The summed E-state index contributed by atoms with van der Waals surface area (Å²) in [7, 11) is 0. The molecule has 5 heteroatoms. The number of carbonyl (C=O) groups excluding carboxylic acids is 1. The summed E-state index contributed by atoms with van der Waals surface area (Å²) in [5.41, 5.74) is 0. The van der Waals surface area contributed by atoms with E-state index in [4.69, 9.17) is 0 Å². The van der Waals surface area contributed by atoms with Gasteiger partial charge in [0.05, 0.1) is 11.1 Å². The summed E-state index contributed by atoms with van der Waals surface area (Å²) >= 11 is 1.49. The molecule has 0 saturated heterocycles. The van der Waals surface area contributed by atoms with Crippen LogP contribution < -0.4 is 10.6 Å². The molecule has 2 atom stereocenters. The Kier molecular flexibility index (Phi) is 3.79. The minimum Gasteiger partial charge on any atom is -0.393 e. The smallest absolute Gasteiger partial charge is 0.319 e. The van der Waals surface area contributed by atoms with Gasteiger partial charge in [0.1, 0.15) is 0 Å². The van der Waals surface area contributed by atoms with Gasteiger partial charge < -0.3 is 10.4 Å². The van der Waals surface area contributed by atoms with Crippen molar-refractivity contribution < 1.29 is 9.90 Å².